The standard InChI is InChI=1S/C82H160O17P2/c1-7-11-13-15-17-19-21-22-30-34-42-48-54-60-66-81(86)98-77(70-92-79(84)64-58-52-46-40-32-20-18-16-14-12-8-2)72-96-100(88,89)94-68-76(83)69-95-101(90,91)97-73-78(71-93-80(85)65-59-53-47-41-37-36-39-45-51-57-63-75(6)10-4)99-82(87)67-61-55-49-43-35-31-28-26-24-23-25-27-29-33-38-44-50-56-62-74(5)9-3/h74-78,83H,7-73H2,1-6H3,(H,88,89)(H,90,91)/t74?,75?,76-,77+,78+/m0/s1. The van der Waals surface area contributed by atoms with Gasteiger partial charge in [-0.3, -0.25) is 37.3 Å². The van der Waals surface area contributed by atoms with Crippen molar-refractivity contribution in [1.29, 1.82) is 0 Å². The molecule has 17 nitrogen and oxygen atoms in total. The van der Waals surface area contributed by atoms with E-state index in [0.717, 1.165) is 102 Å². The number of rotatable bonds is 81. The summed E-state index contributed by atoms with van der Waals surface area (Å²) < 4.78 is 68.7. The summed E-state index contributed by atoms with van der Waals surface area (Å²) in [5.74, 6) is -0.425. The molecule has 600 valence electrons. The molecule has 0 rings (SSSR count). The molecule has 0 aliphatic rings. The van der Waals surface area contributed by atoms with Crippen LogP contribution in [0.4, 0.5) is 0 Å². The predicted octanol–water partition coefficient (Wildman–Crippen LogP) is 24.7. The molecule has 0 aliphatic heterocycles. The molecule has 101 heavy (non-hydrogen) atoms. The number of unbranched alkanes of at least 4 members (excludes halogenated alkanes) is 49. The lowest BCUT2D eigenvalue weighted by Gasteiger charge is -2.21. The lowest BCUT2D eigenvalue weighted by atomic mass is 9.99. The first-order valence-electron chi connectivity index (χ1n) is 42.6. The van der Waals surface area contributed by atoms with Crippen LogP contribution in [0.15, 0.2) is 0 Å². The highest BCUT2D eigenvalue weighted by Gasteiger charge is 2.30. The van der Waals surface area contributed by atoms with Gasteiger partial charge in [0.25, 0.3) is 0 Å². The molecule has 0 radical (unpaired) electrons. The normalized spacial score (nSPS) is 14.4. The van der Waals surface area contributed by atoms with Crippen molar-refractivity contribution in [3.63, 3.8) is 0 Å². The molecule has 0 saturated heterocycles. The van der Waals surface area contributed by atoms with Gasteiger partial charge in [0.2, 0.25) is 0 Å². The summed E-state index contributed by atoms with van der Waals surface area (Å²) in [6.45, 7) is 9.74. The second-order valence-electron chi connectivity index (χ2n) is 30.0. The fraction of sp³-hybridized carbons (Fsp3) is 0.951. The van der Waals surface area contributed by atoms with Crippen LogP contribution in [0.5, 0.6) is 0 Å². The third-order valence-electron chi connectivity index (χ3n) is 19.9. The van der Waals surface area contributed by atoms with E-state index in [1.54, 1.807) is 0 Å². The first-order chi connectivity index (χ1) is 48.9. The molecule has 0 bridgehead atoms. The number of carbonyl (C=O) groups is 4. The van der Waals surface area contributed by atoms with Crippen molar-refractivity contribution in [1.82, 2.24) is 0 Å². The summed E-state index contributed by atoms with van der Waals surface area (Å²) in [5, 5.41) is 10.6. The number of hydrogen-bond acceptors (Lipinski definition) is 15. The largest absolute Gasteiger partial charge is 0.472 e. The van der Waals surface area contributed by atoms with Crippen LogP contribution in [0.2, 0.25) is 0 Å². The van der Waals surface area contributed by atoms with Crippen LogP contribution in [-0.2, 0) is 65.4 Å². The third kappa shape index (κ3) is 73.4. The number of hydrogen-bond donors (Lipinski definition) is 3. The van der Waals surface area contributed by atoms with Gasteiger partial charge >= 0.3 is 39.5 Å². The smallest absolute Gasteiger partial charge is 0.462 e. The average Bonchev–Trinajstić information content (AvgIpc) is 0.946. The molecule has 0 saturated carbocycles. The summed E-state index contributed by atoms with van der Waals surface area (Å²) in [5.41, 5.74) is 0. The predicted molar refractivity (Wildman–Crippen MR) is 414 cm³/mol. The molecule has 0 aromatic rings. The Labute approximate surface area is 619 Å². The van der Waals surface area contributed by atoms with Gasteiger partial charge in [-0.2, -0.15) is 0 Å². The molecule has 0 fully saturated rings. The molecule has 7 atom stereocenters. The van der Waals surface area contributed by atoms with Crippen LogP contribution < -0.4 is 0 Å². The first kappa shape index (κ1) is 99.1. The van der Waals surface area contributed by atoms with Crippen molar-refractivity contribution in [2.24, 2.45) is 11.8 Å². The Morgan fingerprint density at radius 1 is 0.277 bits per heavy atom. The second-order valence-corrected chi connectivity index (χ2v) is 32.9. The van der Waals surface area contributed by atoms with E-state index >= 15 is 0 Å². The molecule has 0 amide bonds. The zero-order valence-corrected chi connectivity index (χ0v) is 68.0. The summed E-state index contributed by atoms with van der Waals surface area (Å²) >= 11 is 0. The van der Waals surface area contributed by atoms with Crippen LogP contribution in [0.3, 0.4) is 0 Å². The van der Waals surface area contributed by atoms with Crippen molar-refractivity contribution in [2.45, 2.75) is 452 Å². The Bertz CT molecular complexity index is 1950. The molecule has 0 aliphatic carbocycles. The molecule has 3 N–H and O–H groups in total. The van der Waals surface area contributed by atoms with E-state index in [4.69, 9.17) is 37.0 Å². The van der Waals surface area contributed by atoms with Gasteiger partial charge in [0.15, 0.2) is 12.2 Å². The Balaban J connectivity index is 5.22. The SMILES string of the molecule is CCCCCCCCCCCCCCCCC(=O)O[C@H](COC(=O)CCCCCCCCCCCCC)COP(=O)(O)OC[C@H](O)COP(=O)(O)OC[C@@H](COC(=O)CCCCCCCCCCCCC(C)CC)OC(=O)CCCCCCCCCCCCCCCCCCCCC(C)CC. The highest BCUT2D eigenvalue weighted by atomic mass is 31.2. The number of aliphatic hydroxyl groups is 1. The van der Waals surface area contributed by atoms with Crippen LogP contribution in [0.1, 0.15) is 433 Å². The van der Waals surface area contributed by atoms with Crippen LogP contribution in [0, 0.1) is 11.8 Å². The molecule has 0 aromatic heterocycles. The third-order valence-corrected chi connectivity index (χ3v) is 21.8. The van der Waals surface area contributed by atoms with Crippen molar-refractivity contribution in [3.05, 3.63) is 0 Å². The van der Waals surface area contributed by atoms with Gasteiger partial charge in [0.05, 0.1) is 26.4 Å². The summed E-state index contributed by atoms with van der Waals surface area (Å²) in [7, 11) is -9.92. The topological polar surface area (TPSA) is 237 Å². The van der Waals surface area contributed by atoms with Gasteiger partial charge in [-0.25, -0.2) is 9.13 Å². The maximum atomic E-state index is 13.1. The summed E-state index contributed by atoms with van der Waals surface area (Å²) in [6.07, 6.45) is 63.6. The van der Waals surface area contributed by atoms with E-state index in [1.807, 2.05) is 0 Å². The average molecular weight is 1480 g/mol. The highest BCUT2D eigenvalue weighted by Crippen LogP contribution is 2.45. The molecule has 0 aromatic carbocycles. The molecular formula is C82H160O17P2. The zero-order chi connectivity index (χ0) is 74.2. The fourth-order valence-corrected chi connectivity index (χ4v) is 14.2. The quantitative estimate of drug-likeness (QED) is 0.0222. The monoisotopic (exact) mass is 1480 g/mol. The van der Waals surface area contributed by atoms with Crippen LogP contribution in [0.25, 0.3) is 0 Å². The van der Waals surface area contributed by atoms with Gasteiger partial charge in [-0.05, 0) is 37.5 Å². The zero-order valence-electron chi connectivity index (χ0n) is 66.2. The van der Waals surface area contributed by atoms with Crippen LogP contribution >= 0.6 is 15.6 Å². The number of aliphatic hydroxyl groups excluding tert-OH is 1. The van der Waals surface area contributed by atoms with E-state index in [2.05, 4.69) is 41.5 Å². The van der Waals surface area contributed by atoms with Gasteiger partial charge in [-0.1, -0.05) is 382 Å². The van der Waals surface area contributed by atoms with E-state index in [9.17, 15) is 43.2 Å². The van der Waals surface area contributed by atoms with Gasteiger partial charge in [-0.15, -0.1) is 0 Å². The molecule has 0 spiro atoms. The van der Waals surface area contributed by atoms with Crippen molar-refractivity contribution >= 4 is 39.5 Å². The van der Waals surface area contributed by atoms with E-state index in [-0.39, 0.29) is 25.7 Å². The number of phosphoric ester groups is 2. The summed E-state index contributed by atoms with van der Waals surface area (Å²) in [4.78, 5) is 73.0. The van der Waals surface area contributed by atoms with E-state index in [1.165, 1.54) is 250 Å². The number of carbonyl (C=O) groups excluding carboxylic acids is 4. The van der Waals surface area contributed by atoms with Gasteiger partial charge in [0.1, 0.15) is 19.3 Å². The minimum atomic E-state index is -4.96. The fourth-order valence-electron chi connectivity index (χ4n) is 12.6. The number of esters is 4. The molecule has 19 heteroatoms. The second kappa shape index (κ2) is 73.6. The van der Waals surface area contributed by atoms with E-state index < -0.39 is 97.5 Å². The van der Waals surface area contributed by atoms with Crippen LogP contribution in [-0.4, -0.2) is 96.7 Å². The molecule has 0 heterocycles. The van der Waals surface area contributed by atoms with Gasteiger partial charge < -0.3 is 33.8 Å². The van der Waals surface area contributed by atoms with Gasteiger partial charge in [0, 0.05) is 25.7 Å². The lowest BCUT2D eigenvalue weighted by molar-refractivity contribution is -0.161. The maximum Gasteiger partial charge on any atom is 0.472 e. The Kier molecular flexibility index (Phi) is 72.2. The van der Waals surface area contributed by atoms with Crippen molar-refractivity contribution < 1.29 is 80.2 Å². The molecular weight excluding hydrogens is 1320 g/mol. The van der Waals surface area contributed by atoms with Crippen molar-refractivity contribution in [3.8, 4) is 0 Å². The lowest BCUT2D eigenvalue weighted by Crippen LogP contribution is -2.30. The molecule has 4 unspecified atom stereocenters. The summed E-state index contributed by atoms with van der Waals surface area (Å²) in [6, 6.07) is 0. The Morgan fingerprint density at radius 3 is 0.703 bits per heavy atom. The highest BCUT2D eigenvalue weighted by molar-refractivity contribution is 7.47. The minimum Gasteiger partial charge on any atom is -0.462 e. The Morgan fingerprint density at radius 2 is 0.475 bits per heavy atom. The number of phosphoric acid groups is 2. The van der Waals surface area contributed by atoms with Crippen molar-refractivity contribution in [2.75, 3.05) is 39.6 Å². The van der Waals surface area contributed by atoms with E-state index in [0.29, 0.717) is 25.7 Å². The Hall–Kier alpha value is -1.94. The maximum absolute atomic E-state index is 13.1. The number of ether oxygens (including phenoxy) is 4. The minimum absolute atomic E-state index is 0.108. The first-order valence-corrected chi connectivity index (χ1v) is 45.6.